The quantitative estimate of drug-likeness (QED) is 0.443. The van der Waals surface area contributed by atoms with Gasteiger partial charge in [0.05, 0.1) is 0 Å². The van der Waals surface area contributed by atoms with Crippen LogP contribution in [0.2, 0.25) is 0 Å². The van der Waals surface area contributed by atoms with Crippen molar-refractivity contribution in [2.75, 3.05) is 6.61 Å². The van der Waals surface area contributed by atoms with Gasteiger partial charge in [-0.3, -0.25) is 4.79 Å². The van der Waals surface area contributed by atoms with Gasteiger partial charge in [-0.2, -0.15) is 0 Å². The maximum atomic E-state index is 12.5. The van der Waals surface area contributed by atoms with Gasteiger partial charge < -0.3 is 13.7 Å². The van der Waals surface area contributed by atoms with Crippen molar-refractivity contribution in [3.8, 4) is 5.69 Å². The first-order chi connectivity index (χ1) is 12.4. The summed E-state index contributed by atoms with van der Waals surface area (Å²) >= 11 is 3.12. The Hall–Kier alpha value is -2.60. The van der Waals surface area contributed by atoms with E-state index >= 15 is 0 Å². The van der Waals surface area contributed by atoms with Crippen LogP contribution in [0.3, 0.4) is 0 Å². The second-order valence-corrected chi connectivity index (χ2v) is 6.84. The fraction of sp³-hybridized carbons (Fsp3) is 0.200. The minimum Gasteiger partial charge on any atom is -0.451 e. The highest BCUT2D eigenvalue weighted by atomic mass is 79.9. The van der Waals surface area contributed by atoms with E-state index in [1.165, 1.54) is 11.6 Å². The number of carbonyl (C=O) groups excluding carboxylic acids is 2. The molecular formula is C20H18BrNO4. The number of nitrogens with zero attached hydrogens (tertiary/aromatic N) is 1. The number of hydrogen-bond donors (Lipinski definition) is 0. The van der Waals surface area contributed by atoms with Crippen LogP contribution in [-0.4, -0.2) is 22.9 Å². The van der Waals surface area contributed by atoms with Gasteiger partial charge in [0.25, 0.3) is 0 Å². The summed E-state index contributed by atoms with van der Waals surface area (Å²) in [5.41, 5.74) is 4.45. The van der Waals surface area contributed by atoms with E-state index in [2.05, 4.69) is 15.9 Å². The number of halogens is 1. The Morgan fingerprint density at radius 2 is 1.77 bits per heavy atom. The Kier molecular flexibility index (Phi) is 5.13. The molecule has 0 aliphatic rings. The van der Waals surface area contributed by atoms with E-state index in [1.54, 1.807) is 6.07 Å². The van der Waals surface area contributed by atoms with E-state index < -0.39 is 5.97 Å². The summed E-state index contributed by atoms with van der Waals surface area (Å²) in [5.74, 6) is -0.873. The van der Waals surface area contributed by atoms with Crippen LogP contribution in [-0.2, 0) is 4.74 Å². The first kappa shape index (κ1) is 18.2. The van der Waals surface area contributed by atoms with Gasteiger partial charge in [0.1, 0.15) is 0 Å². The lowest BCUT2D eigenvalue weighted by Crippen LogP contribution is -2.14. The minimum absolute atomic E-state index is 0.0507. The third-order valence-electron chi connectivity index (χ3n) is 4.13. The van der Waals surface area contributed by atoms with Gasteiger partial charge in [-0.25, -0.2) is 4.79 Å². The zero-order chi connectivity index (χ0) is 18.8. The van der Waals surface area contributed by atoms with Crippen LogP contribution >= 0.6 is 15.9 Å². The number of aryl methyl sites for hydroxylation is 2. The number of ether oxygens (including phenoxy) is 1. The molecule has 0 bridgehead atoms. The van der Waals surface area contributed by atoms with Gasteiger partial charge in [0, 0.05) is 22.6 Å². The maximum Gasteiger partial charge on any atom is 0.374 e. The normalized spacial score (nSPS) is 10.8. The highest BCUT2D eigenvalue weighted by Gasteiger charge is 2.19. The Bertz CT molecular complexity index is 966. The largest absolute Gasteiger partial charge is 0.451 e. The zero-order valence-electron chi connectivity index (χ0n) is 14.7. The summed E-state index contributed by atoms with van der Waals surface area (Å²) in [4.78, 5) is 24.4. The lowest BCUT2D eigenvalue weighted by Gasteiger charge is -2.10. The van der Waals surface area contributed by atoms with E-state index in [0.717, 1.165) is 17.1 Å². The molecule has 6 heteroatoms. The smallest absolute Gasteiger partial charge is 0.374 e. The van der Waals surface area contributed by atoms with Crippen molar-refractivity contribution in [2.24, 2.45) is 0 Å². The van der Waals surface area contributed by atoms with Gasteiger partial charge in [-0.15, -0.1) is 0 Å². The molecule has 134 valence electrons. The van der Waals surface area contributed by atoms with Crippen molar-refractivity contribution in [3.63, 3.8) is 0 Å². The Morgan fingerprint density at radius 1 is 1.08 bits per heavy atom. The second kappa shape index (κ2) is 7.33. The number of benzene rings is 1. The molecule has 2 aromatic heterocycles. The van der Waals surface area contributed by atoms with Crippen molar-refractivity contribution in [2.45, 2.75) is 20.8 Å². The molecule has 0 atom stereocenters. The van der Waals surface area contributed by atoms with Gasteiger partial charge in [-0.1, -0.05) is 17.7 Å². The third kappa shape index (κ3) is 3.65. The van der Waals surface area contributed by atoms with Crippen LogP contribution < -0.4 is 0 Å². The highest BCUT2D eigenvalue weighted by Crippen LogP contribution is 2.22. The number of furan rings is 1. The lowest BCUT2D eigenvalue weighted by atomic mass is 10.1. The van der Waals surface area contributed by atoms with Crippen molar-refractivity contribution in [3.05, 3.63) is 75.4 Å². The summed E-state index contributed by atoms with van der Waals surface area (Å²) < 4.78 is 12.6. The number of aromatic nitrogens is 1. The number of carbonyl (C=O) groups is 2. The second-order valence-electron chi connectivity index (χ2n) is 6.06. The Balaban J connectivity index is 1.77. The molecule has 5 nitrogen and oxygen atoms in total. The van der Waals surface area contributed by atoms with Crippen LogP contribution in [0.15, 0.2) is 51.6 Å². The average molecular weight is 416 g/mol. The molecule has 0 aliphatic heterocycles. The first-order valence-corrected chi connectivity index (χ1v) is 8.88. The van der Waals surface area contributed by atoms with Crippen LogP contribution in [0, 0.1) is 20.8 Å². The van der Waals surface area contributed by atoms with Crippen LogP contribution in [0.4, 0.5) is 0 Å². The fourth-order valence-electron chi connectivity index (χ4n) is 2.84. The van der Waals surface area contributed by atoms with Crippen molar-refractivity contribution in [1.82, 2.24) is 4.57 Å². The molecule has 0 N–H and O–H groups in total. The molecule has 0 unspecified atom stereocenters. The molecule has 0 amide bonds. The lowest BCUT2D eigenvalue weighted by molar-refractivity contribution is 0.0442. The molecule has 0 fully saturated rings. The summed E-state index contributed by atoms with van der Waals surface area (Å²) in [7, 11) is 0. The molecular weight excluding hydrogens is 398 g/mol. The summed E-state index contributed by atoms with van der Waals surface area (Å²) in [5, 5.41) is 0. The Labute approximate surface area is 159 Å². The van der Waals surface area contributed by atoms with Crippen LogP contribution in [0.1, 0.15) is 37.9 Å². The SMILES string of the molecule is Cc1ccc(-n2c(C)cc(C(=O)COC(=O)c3ccc(Br)o3)c2C)cc1. The monoisotopic (exact) mass is 415 g/mol. The van der Waals surface area contributed by atoms with Crippen LogP contribution in [0.25, 0.3) is 5.69 Å². The number of hydrogen-bond acceptors (Lipinski definition) is 4. The molecule has 0 saturated carbocycles. The molecule has 3 aromatic rings. The average Bonchev–Trinajstić information content (AvgIpc) is 3.17. The van der Waals surface area contributed by atoms with Gasteiger partial charge in [0.15, 0.2) is 11.3 Å². The fourth-order valence-corrected chi connectivity index (χ4v) is 3.15. The molecule has 0 radical (unpaired) electrons. The van der Waals surface area contributed by atoms with E-state index in [0.29, 0.717) is 10.2 Å². The molecule has 26 heavy (non-hydrogen) atoms. The summed E-state index contributed by atoms with van der Waals surface area (Å²) in [6.07, 6.45) is 0. The number of rotatable bonds is 5. The topological polar surface area (TPSA) is 61.4 Å². The Morgan fingerprint density at radius 3 is 2.38 bits per heavy atom. The maximum absolute atomic E-state index is 12.5. The van der Waals surface area contributed by atoms with Gasteiger partial charge >= 0.3 is 5.97 Å². The standard InChI is InChI=1S/C20H18BrNO4/c1-12-4-6-15(7-5-12)22-13(2)10-16(14(22)3)17(23)11-25-20(24)18-8-9-19(21)26-18/h4-10H,11H2,1-3H3. The predicted molar refractivity (Wildman–Crippen MR) is 101 cm³/mol. The first-order valence-electron chi connectivity index (χ1n) is 8.08. The molecule has 0 spiro atoms. The van der Waals surface area contributed by atoms with E-state index in [1.807, 2.05) is 55.7 Å². The highest BCUT2D eigenvalue weighted by molar-refractivity contribution is 9.10. The minimum atomic E-state index is -0.670. The summed E-state index contributed by atoms with van der Waals surface area (Å²) in [6, 6.07) is 13.0. The zero-order valence-corrected chi connectivity index (χ0v) is 16.3. The molecule has 3 rings (SSSR count). The van der Waals surface area contributed by atoms with Crippen molar-refractivity contribution in [1.29, 1.82) is 0 Å². The predicted octanol–water partition coefficient (Wildman–Crippen LogP) is 4.80. The van der Waals surface area contributed by atoms with E-state index in [-0.39, 0.29) is 18.2 Å². The number of esters is 1. The molecule has 0 aliphatic carbocycles. The number of Topliss-reactive ketones (excluding diaryl/α,β-unsaturated/α-hetero) is 1. The molecule has 1 aromatic carbocycles. The van der Waals surface area contributed by atoms with Gasteiger partial charge in [-0.05, 0) is 67.0 Å². The van der Waals surface area contributed by atoms with Crippen molar-refractivity contribution < 1.29 is 18.7 Å². The third-order valence-corrected chi connectivity index (χ3v) is 4.56. The van der Waals surface area contributed by atoms with Crippen molar-refractivity contribution >= 4 is 27.7 Å². The molecule has 0 saturated heterocycles. The molecule has 2 heterocycles. The van der Waals surface area contributed by atoms with Crippen LogP contribution in [0.5, 0.6) is 0 Å². The number of ketones is 1. The summed E-state index contributed by atoms with van der Waals surface area (Å²) in [6.45, 7) is 5.51. The van der Waals surface area contributed by atoms with Gasteiger partial charge in [0.2, 0.25) is 11.5 Å². The van der Waals surface area contributed by atoms with E-state index in [4.69, 9.17) is 9.15 Å². The van der Waals surface area contributed by atoms with E-state index in [9.17, 15) is 9.59 Å².